The first-order valence-corrected chi connectivity index (χ1v) is 8.77. The van der Waals surface area contributed by atoms with Crippen LogP contribution < -0.4 is 10.3 Å². The van der Waals surface area contributed by atoms with Crippen molar-refractivity contribution in [1.29, 1.82) is 0 Å². The highest BCUT2D eigenvalue weighted by molar-refractivity contribution is 7.88. The first kappa shape index (κ1) is 17.1. The summed E-state index contributed by atoms with van der Waals surface area (Å²) in [5.41, 5.74) is 0.253. The monoisotopic (exact) mass is 338 g/mol. The van der Waals surface area contributed by atoms with Crippen molar-refractivity contribution in [1.82, 2.24) is 19.6 Å². The Kier molecular flexibility index (Phi) is 4.81. The molecule has 0 aliphatic heterocycles. The summed E-state index contributed by atoms with van der Waals surface area (Å²) >= 11 is 0. The van der Waals surface area contributed by atoms with Gasteiger partial charge in [0.05, 0.1) is 29.7 Å². The smallest absolute Gasteiger partial charge is 0.258 e. The van der Waals surface area contributed by atoms with Crippen molar-refractivity contribution < 1.29 is 13.2 Å². The number of nitrogens with zero attached hydrogens (tertiary/aromatic N) is 2. The van der Waals surface area contributed by atoms with Crippen LogP contribution in [0.25, 0.3) is 10.9 Å². The molecule has 0 bridgehead atoms. The fourth-order valence-corrected chi connectivity index (χ4v) is 2.96. The molecule has 1 heterocycles. The molecule has 0 fully saturated rings. The molecule has 0 unspecified atom stereocenters. The van der Waals surface area contributed by atoms with Crippen molar-refractivity contribution >= 4 is 26.8 Å². The second-order valence-corrected chi connectivity index (χ2v) is 7.12. The zero-order chi connectivity index (χ0) is 17.2. The number of para-hydroxylation sites is 1. The van der Waals surface area contributed by atoms with Crippen LogP contribution in [0.2, 0.25) is 0 Å². The molecule has 0 spiro atoms. The molecule has 9 heteroatoms. The Bertz CT molecular complexity index is 891. The van der Waals surface area contributed by atoms with Gasteiger partial charge in [-0.1, -0.05) is 12.1 Å². The van der Waals surface area contributed by atoms with E-state index in [0.29, 0.717) is 16.7 Å². The minimum absolute atomic E-state index is 0.0642. The lowest BCUT2D eigenvalue weighted by atomic mass is 10.2. The van der Waals surface area contributed by atoms with Crippen LogP contribution in [-0.4, -0.2) is 48.5 Å². The van der Waals surface area contributed by atoms with E-state index in [-0.39, 0.29) is 12.1 Å². The van der Waals surface area contributed by atoms with Crippen molar-refractivity contribution in [2.24, 2.45) is 0 Å². The number of likely N-dealkylation sites (N-methyl/N-ethyl adjacent to an activating group) is 1. The third kappa shape index (κ3) is 4.36. The van der Waals surface area contributed by atoms with E-state index >= 15 is 0 Å². The highest BCUT2D eigenvalue weighted by atomic mass is 32.2. The highest BCUT2D eigenvalue weighted by Gasteiger charge is 2.21. The van der Waals surface area contributed by atoms with Gasteiger partial charge in [0.15, 0.2) is 0 Å². The van der Waals surface area contributed by atoms with Gasteiger partial charge in [0, 0.05) is 7.05 Å². The molecular weight excluding hydrogens is 320 g/mol. The minimum atomic E-state index is -3.48. The number of H-pyrrole nitrogens is 1. The molecule has 0 aliphatic carbocycles. The summed E-state index contributed by atoms with van der Waals surface area (Å²) in [6.07, 6.45) is 0.985. The predicted molar refractivity (Wildman–Crippen MR) is 86.3 cm³/mol. The average Bonchev–Trinajstić information content (AvgIpc) is 2.44. The van der Waals surface area contributed by atoms with E-state index < -0.39 is 22.0 Å². The van der Waals surface area contributed by atoms with Gasteiger partial charge in [-0.15, -0.1) is 0 Å². The molecule has 0 radical (unpaired) electrons. The fraction of sp³-hybridized carbons (Fsp3) is 0.357. The zero-order valence-corrected chi connectivity index (χ0v) is 13.8. The van der Waals surface area contributed by atoms with Gasteiger partial charge in [0.1, 0.15) is 5.82 Å². The van der Waals surface area contributed by atoms with Gasteiger partial charge in [0.25, 0.3) is 5.56 Å². The number of sulfonamides is 1. The standard InChI is InChI=1S/C14H18N4O4S/c1-9(17-23(3,21)22)14(20)18(2)8-12-15-11-7-5-4-6-10(11)13(19)16-12/h4-7,9,17H,8H2,1-3H3,(H,15,16,19)/t9-/m1/s1. The molecule has 124 valence electrons. The maximum Gasteiger partial charge on any atom is 0.258 e. The number of hydrogen-bond acceptors (Lipinski definition) is 5. The van der Waals surface area contributed by atoms with Crippen LogP contribution in [0, 0.1) is 0 Å². The summed E-state index contributed by atoms with van der Waals surface area (Å²) in [5.74, 6) is -0.0951. The Hall–Kier alpha value is -2.26. The van der Waals surface area contributed by atoms with Gasteiger partial charge in [-0.05, 0) is 19.1 Å². The van der Waals surface area contributed by atoms with Gasteiger partial charge in [-0.2, -0.15) is 0 Å². The number of benzene rings is 1. The Morgan fingerprint density at radius 3 is 2.70 bits per heavy atom. The second kappa shape index (κ2) is 6.47. The summed E-state index contributed by atoms with van der Waals surface area (Å²) in [5, 5.41) is 0.470. The van der Waals surface area contributed by atoms with Gasteiger partial charge >= 0.3 is 0 Å². The second-order valence-electron chi connectivity index (χ2n) is 5.34. The molecule has 0 saturated heterocycles. The summed E-state index contributed by atoms with van der Waals surface area (Å²) in [4.78, 5) is 32.4. The van der Waals surface area contributed by atoms with Gasteiger partial charge in [0.2, 0.25) is 15.9 Å². The van der Waals surface area contributed by atoms with Gasteiger partial charge < -0.3 is 9.88 Å². The number of amides is 1. The van der Waals surface area contributed by atoms with Gasteiger partial charge in [-0.3, -0.25) is 9.59 Å². The van der Waals surface area contributed by atoms with Crippen molar-refractivity contribution in [3.8, 4) is 0 Å². The number of fused-ring (bicyclic) bond motifs is 1. The van der Waals surface area contributed by atoms with Crippen LogP contribution in [0.15, 0.2) is 29.1 Å². The lowest BCUT2D eigenvalue weighted by Crippen LogP contribution is -2.45. The maximum absolute atomic E-state index is 12.2. The summed E-state index contributed by atoms with van der Waals surface area (Å²) in [7, 11) is -1.97. The normalized spacial score (nSPS) is 13.0. The van der Waals surface area contributed by atoms with E-state index in [1.807, 2.05) is 0 Å². The average molecular weight is 338 g/mol. The molecule has 1 amide bonds. The van der Waals surface area contributed by atoms with Crippen LogP contribution in [0.1, 0.15) is 12.7 Å². The van der Waals surface area contributed by atoms with Crippen molar-refractivity contribution in [2.45, 2.75) is 19.5 Å². The van der Waals surface area contributed by atoms with Gasteiger partial charge in [-0.25, -0.2) is 18.1 Å². The van der Waals surface area contributed by atoms with Crippen LogP contribution in [0.3, 0.4) is 0 Å². The molecule has 1 aromatic heterocycles. The fourth-order valence-electron chi connectivity index (χ4n) is 2.21. The maximum atomic E-state index is 12.2. The zero-order valence-electron chi connectivity index (χ0n) is 13.0. The van der Waals surface area contributed by atoms with E-state index in [2.05, 4.69) is 14.7 Å². The van der Waals surface area contributed by atoms with Crippen LogP contribution in [0.5, 0.6) is 0 Å². The number of rotatable bonds is 5. The van der Waals surface area contributed by atoms with Crippen molar-refractivity contribution in [3.05, 3.63) is 40.4 Å². The molecule has 2 aromatic rings. The van der Waals surface area contributed by atoms with E-state index in [0.717, 1.165) is 6.26 Å². The number of nitrogens with one attached hydrogen (secondary N) is 2. The van der Waals surface area contributed by atoms with E-state index in [4.69, 9.17) is 0 Å². The molecule has 2 rings (SSSR count). The number of aromatic amines is 1. The SMILES string of the molecule is C[C@@H](NS(C)(=O)=O)C(=O)N(C)Cc1nc2ccccc2c(=O)[nH]1. The molecule has 2 N–H and O–H groups in total. The van der Waals surface area contributed by atoms with Crippen LogP contribution >= 0.6 is 0 Å². The number of hydrogen-bond donors (Lipinski definition) is 2. The largest absolute Gasteiger partial charge is 0.337 e. The summed E-state index contributed by atoms with van der Waals surface area (Å²) < 4.78 is 24.6. The Balaban J connectivity index is 2.18. The van der Waals surface area contributed by atoms with Crippen LogP contribution in [-0.2, 0) is 21.4 Å². The molecule has 0 aliphatic rings. The summed E-state index contributed by atoms with van der Waals surface area (Å²) in [6.45, 7) is 1.52. The molecular formula is C14H18N4O4S. The number of carbonyl (C=O) groups excluding carboxylic acids is 1. The lowest BCUT2D eigenvalue weighted by molar-refractivity contribution is -0.131. The van der Waals surface area contributed by atoms with Crippen molar-refractivity contribution in [3.63, 3.8) is 0 Å². The lowest BCUT2D eigenvalue weighted by Gasteiger charge is -2.21. The van der Waals surface area contributed by atoms with E-state index in [9.17, 15) is 18.0 Å². The van der Waals surface area contributed by atoms with E-state index in [1.165, 1.54) is 18.9 Å². The highest BCUT2D eigenvalue weighted by Crippen LogP contribution is 2.07. The topological polar surface area (TPSA) is 112 Å². The predicted octanol–water partition coefficient (Wildman–Crippen LogP) is -0.181. The molecule has 0 saturated carbocycles. The van der Waals surface area contributed by atoms with Crippen LogP contribution in [0.4, 0.5) is 0 Å². The molecule has 8 nitrogen and oxygen atoms in total. The number of aromatic nitrogens is 2. The van der Waals surface area contributed by atoms with Crippen molar-refractivity contribution in [2.75, 3.05) is 13.3 Å². The molecule has 23 heavy (non-hydrogen) atoms. The number of carbonyl (C=O) groups is 1. The Morgan fingerprint density at radius 1 is 1.39 bits per heavy atom. The summed E-state index contributed by atoms with van der Waals surface area (Å²) in [6, 6.07) is 5.99. The first-order valence-electron chi connectivity index (χ1n) is 6.87. The third-order valence-electron chi connectivity index (χ3n) is 3.19. The first-order chi connectivity index (χ1) is 10.7. The minimum Gasteiger partial charge on any atom is -0.337 e. The third-order valence-corrected chi connectivity index (χ3v) is 3.97. The Morgan fingerprint density at radius 2 is 2.04 bits per heavy atom. The molecule has 1 aromatic carbocycles. The molecule has 1 atom stereocenters. The quantitative estimate of drug-likeness (QED) is 0.785. The Labute approximate surface area is 133 Å². The van der Waals surface area contributed by atoms with E-state index in [1.54, 1.807) is 24.3 Å².